The van der Waals surface area contributed by atoms with Gasteiger partial charge in [0.15, 0.2) is 0 Å². The van der Waals surface area contributed by atoms with Gasteiger partial charge in [-0.15, -0.1) is 0 Å². The number of nitrogens with one attached hydrogen (secondary N) is 1. The van der Waals surface area contributed by atoms with E-state index in [9.17, 15) is 14.4 Å². The summed E-state index contributed by atoms with van der Waals surface area (Å²) in [5.74, 6) is -0.392. The van der Waals surface area contributed by atoms with Crippen molar-refractivity contribution in [3.05, 3.63) is 101 Å². The molecule has 3 aromatic rings. The topological polar surface area (TPSA) is 94.2 Å². The monoisotopic (exact) mass is 500 g/mol. The van der Waals surface area contributed by atoms with Crippen molar-refractivity contribution in [1.29, 1.82) is 0 Å². The van der Waals surface area contributed by atoms with Crippen LogP contribution < -0.4 is 15.0 Å². The Hall–Kier alpha value is -4.59. The van der Waals surface area contributed by atoms with Crippen molar-refractivity contribution in [1.82, 2.24) is 0 Å². The molecule has 0 saturated heterocycles. The molecule has 1 heterocycles. The number of hydrogen-bond acceptors (Lipinski definition) is 7. The second-order valence-electron chi connectivity index (χ2n) is 8.17. The van der Waals surface area contributed by atoms with Crippen LogP contribution in [-0.4, -0.2) is 38.2 Å². The van der Waals surface area contributed by atoms with Gasteiger partial charge in [-0.25, -0.2) is 9.59 Å². The second kappa shape index (κ2) is 11.4. The van der Waals surface area contributed by atoms with Crippen molar-refractivity contribution in [2.24, 2.45) is 0 Å². The lowest BCUT2D eigenvalue weighted by Crippen LogP contribution is -2.30. The van der Waals surface area contributed by atoms with E-state index in [-0.39, 0.29) is 12.5 Å². The van der Waals surface area contributed by atoms with Crippen LogP contribution in [0.2, 0.25) is 0 Å². The maximum Gasteiger partial charge on any atom is 0.338 e. The predicted molar refractivity (Wildman–Crippen MR) is 140 cm³/mol. The van der Waals surface area contributed by atoms with Gasteiger partial charge in [-0.1, -0.05) is 12.1 Å². The number of esters is 2. The second-order valence-corrected chi connectivity index (χ2v) is 8.17. The van der Waals surface area contributed by atoms with E-state index in [1.54, 1.807) is 74.4 Å². The van der Waals surface area contributed by atoms with Crippen molar-refractivity contribution in [3.8, 4) is 5.75 Å². The molecule has 1 atom stereocenters. The van der Waals surface area contributed by atoms with Crippen LogP contribution in [-0.2, 0) is 14.3 Å². The zero-order valence-corrected chi connectivity index (χ0v) is 20.9. The molecule has 0 spiro atoms. The Balaban J connectivity index is 1.64. The van der Waals surface area contributed by atoms with Crippen LogP contribution in [0.3, 0.4) is 0 Å². The van der Waals surface area contributed by atoms with Gasteiger partial charge in [0.1, 0.15) is 11.4 Å². The first-order chi connectivity index (χ1) is 17.9. The van der Waals surface area contributed by atoms with Crippen LogP contribution in [0.15, 0.2) is 84.6 Å². The number of rotatable bonds is 9. The van der Waals surface area contributed by atoms with E-state index in [1.807, 2.05) is 30.3 Å². The lowest BCUT2D eigenvalue weighted by molar-refractivity contribution is -0.114. The van der Waals surface area contributed by atoms with Gasteiger partial charge in [0.25, 0.3) is 5.91 Å². The van der Waals surface area contributed by atoms with E-state index < -0.39 is 18.0 Å². The average molecular weight is 501 g/mol. The molecule has 3 aromatic carbocycles. The molecule has 0 saturated carbocycles. The summed E-state index contributed by atoms with van der Waals surface area (Å²) in [7, 11) is 1.59. The van der Waals surface area contributed by atoms with Crippen molar-refractivity contribution >= 4 is 29.2 Å². The summed E-state index contributed by atoms with van der Waals surface area (Å²) in [4.78, 5) is 39.3. The highest BCUT2D eigenvalue weighted by atomic mass is 16.5. The fourth-order valence-electron chi connectivity index (χ4n) is 4.04. The molecule has 1 aliphatic rings. The quantitative estimate of drug-likeness (QED) is 0.407. The first kappa shape index (κ1) is 25.5. The third-order valence-electron chi connectivity index (χ3n) is 5.82. The Morgan fingerprint density at radius 3 is 2.03 bits per heavy atom. The van der Waals surface area contributed by atoms with Crippen LogP contribution in [0.25, 0.3) is 0 Å². The minimum Gasteiger partial charge on any atom is -0.497 e. The van der Waals surface area contributed by atoms with Crippen LogP contribution in [0, 0.1) is 0 Å². The Kier molecular flexibility index (Phi) is 7.88. The Morgan fingerprint density at radius 1 is 0.865 bits per heavy atom. The van der Waals surface area contributed by atoms with Gasteiger partial charge in [-0.3, -0.25) is 9.69 Å². The van der Waals surface area contributed by atoms with Crippen LogP contribution in [0.1, 0.15) is 46.2 Å². The van der Waals surface area contributed by atoms with Gasteiger partial charge in [-0.05, 0) is 86.2 Å². The summed E-state index contributed by atoms with van der Waals surface area (Å²) in [6.07, 6.45) is 1.84. The lowest BCUT2D eigenvalue weighted by atomic mass is 10.1. The third-order valence-corrected chi connectivity index (χ3v) is 5.82. The molecule has 1 aliphatic heterocycles. The van der Waals surface area contributed by atoms with Gasteiger partial charge < -0.3 is 19.5 Å². The maximum atomic E-state index is 13.6. The number of carbonyl (C=O) groups excluding carboxylic acids is 3. The molecule has 0 radical (unpaired) electrons. The molecule has 1 amide bonds. The highest BCUT2D eigenvalue weighted by Crippen LogP contribution is 2.37. The number of ether oxygens (including phenoxy) is 3. The van der Waals surface area contributed by atoms with E-state index in [2.05, 4.69) is 5.32 Å². The summed E-state index contributed by atoms with van der Waals surface area (Å²) < 4.78 is 15.5. The van der Waals surface area contributed by atoms with E-state index >= 15 is 0 Å². The van der Waals surface area contributed by atoms with Crippen LogP contribution >= 0.6 is 0 Å². The normalized spacial score (nSPS) is 14.7. The molecule has 4 rings (SSSR count). The number of methoxy groups -OCH3 is 1. The number of benzene rings is 3. The largest absolute Gasteiger partial charge is 0.497 e. The summed E-state index contributed by atoms with van der Waals surface area (Å²) in [5, 5.41) is 3.18. The molecular formula is C29H28N2O6. The Morgan fingerprint density at radius 2 is 1.46 bits per heavy atom. The summed E-state index contributed by atoms with van der Waals surface area (Å²) >= 11 is 0. The molecule has 1 N–H and O–H groups in total. The standard InChI is InChI=1S/C29H28N2O6/c1-4-36-28(33)19-9-13-22(14-10-19)30-25-18-26(21-7-6-8-24(17-21)35-3)31(27(25)32)23-15-11-20(12-16-23)29(34)37-5-2/h6-18,26,30H,4-5H2,1-3H3/t26-/m1/s1. The van der Waals surface area contributed by atoms with Gasteiger partial charge in [0, 0.05) is 11.4 Å². The van der Waals surface area contributed by atoms with Crippen molar-refractivity contribution in [3.63, 3.8) is 0 Å². The van der Waals surface area contributed by atoms with Gasteiger partial charge >= 0.3 is 11.9 Å². The Labute approximate surface area is 215 Å². The predicted octanol–water partition coefficient (Wildman–Crippen LogP) is 5.13. The molecule has 8 nitrogen and oxygen atoms in total. The number of nitrogens with zero attached hydrogens (tertiary/aromatic N) is 1. The fraction of sp³-hybridized carbons (Fsp3) is 0.207. The maximum absolute atomic E-state index is 13.6. The third kappa shape index (κ3) is 5.64. The van der Waals surface area contributed by atoms with Crippen LogP contribution in [0.4, 0.5) is 11.4 Å². The summed E-state index contributed by atoms with van der Waals surface area (Å²) in [6.45, 7) is 4.07. The smallest absolute Gasteiger partial charge is 0.338 e. The molecule has 0 aromatic heterocycles. The van der Waals surface area contributed by atoms with Crippen LogP contribution in [0.5, 0.6) is 5.75 Å². The van der Waals surface area contributed by atoms with Gasteiger partial charge in [-0.2, -0.15) is 0 Å². The molecular weight excluding hydrogens is 472 g/mol. The average Bonchev–Trinajstić information content (AvgIpc) is 3.25. The van der Waals surface area contributed by atoms with Crippen molar-refractivity contribution in [2.75, 3.05) is 30.5 Å². The Bertz CT molecular complexity index is 1310. The van der Waals surface area contributed by atoms with E-state index in [0.29, 0.717) is 40.6 Å². The van der Waals surface area contributed by atoms with Gasteiger partial charge in [0.05, 0.1) is 37.5 Å². The van der Waals surface area contributed by atoms with E-state index in [4.69, 9.17) is 14.2 Å². The van der Waals surface area contributed by atoms with Crippen molar-refractivity contribution < 1.29 is 28.6 Å². The molecule has 0 aliphatic carbocycles. The molecule has 8 heteroatoms. The highest BCUT2D eigenvalue weighted by molar-refractivity contribution is 6.11. The van der Waals surface area contributed by atoms with Gasteiger partial charge in [0.2, 0.25) is 0 Å². The molecule has 0 fully saturated rings. The molecule has 0 bridgehead atoms. The summed E-state index contributed by atoms with van der Waals surface area (Å²) in [6, 6.07) is 20.6. The minimum absolute atomic E-state index is 0.244. The zero-order chi connectivity index (χ0) is 26.4. The first-order valence-electron chi connectivity index (χ1n) is 12.0. The van der Waals surface area contributed by atoms with E-state index in [0.717, 1.165) is 5.56 Å². The first-order valence-corrected chi connectivity index (χ1v) is 12.0. The SMILES string of the molecule is CCOC(=O)c1ccc(NC2=C[C@H](c3cccc(OC)c3)N(c3ccc(C(=O)OCC)cc3)C2=O)cc1. The molecule has 37 heavy (non-hydrogen) atoms. The number of hydrogen-bond donors (Lipinski definition) is 1. The van der Waals surface area contributed by atoms with E-state index in [1.165, 1.54) is 0 Å². The number of amides is 1. The number of carbonyl (C=O) groups is 3. The minimum atomic E-state index is -0.419. The zero-order valence-electron chi connectivity index (χ0n) is 20.9. The lowest BCUT2D eigenvalue weighted by Gasteiger charge is -2.25. The molecule has 190 valence electrons. The molecule has 0 unspecified atom stereocenters. The highest BCUT2D eigenvalue weighted by Gasteiger charge is 2.35. The van der Waals surface area contributed by atoms with Crippen molar-refractivity contribution in [2.45, 2.75) is 19.9 Å². The number of anilines is 2. The fourth-order valence-corrected chi connectivity index (χ4v) is 4.04. The summed E-state index contributed by atoms with van der Waals surface area (Å²) in [5.41, 5.74) is 3.34.